The van der Waals surface area contributed by atoms with Crippen LogP contribution in [0.5, 0.6) is 11.6 Å². The van der Waals surface area contributed by atoms with E-state index in [4.69, 9.17) is 21.1 Å². The minimum atomic E-state index is -0.555. The van der Waals surface area contributed by atoms with Gasteiger partial charge in [0.05, 0.1) is 25.5 Å². The van der Waals surface area contributed by atoms with E-state index in [9.17, 15) is 9.59 Å². The molecule has 0 aliphatic rings. The summed E-state index contributed by atoms with van der Waals surface area (Å²) in [5.41, 5.74) is 1.61. The number of methoxy groups -OCH3 is 1. The summed E-state index contributed by atoms with van der Waals surface area (Å²) < 4.78 is 15.2. The van der Waals surface area contributed by atoms with Crippen molar-refractivity contribution in [2.45, 2.75) is 13.8 Å². The number of rotatable bonds is 6. The Morgan fingerprint density at radius 3 is 2.73 bits per heavy atom. The van der Waals surface area contributed by atoms with Crippen LogP contribution in [0.2, 0.25) is 5.15 Å². The highest BCUT2D eigenvalue weighted by Gasteiger charge is 2.12. The maximum atomic E-state index is 11.7. The van der Waals surface area contributed by atoms with Gasteiger partial charge < -0.3 is 14.2 Å². The van der Waals surface area contributed by atoms with Crippen LogP contribution in [0, 0.1) is 6.92 Å². The third-order valence-corrected chi connectivity index (χ3v) is 3.49. The molecule has 0 atom stereocenters. The van der Waals surface area contributed by atoms with Gasteiger partial charge in [0, 0.05) is 23.9 Å². The number of hydrogen-bond acceptors (Lipinski definition) is 7. The molecule has 136 valence electrons. The van der Waals surface area contributed by atoms with E-state index in [0.717, 1.165) is 5.56 Å². The Balaban J connectivity index is 2.28. The fourth-order valence-corrected chi connectivity index (χ4v) is 2.21. The van der Waals surface area contributed by atoms with E-state index in [-0.39, 0.29) is 16.6 Å². The number of hydrogen-bond donors (Lipinski definition) is 0. The van der Waals surface area contributed by atoms with E-state index in [2.05, 4.69) is 14.7 Å². The molecule has 0 N–H and O–H groups in total. The Hall–Kier alpha value is -2.93. The molecule has 2 aromatic rings. The van der Waals surface area contributed by atoms with Gasteiger partial charge in [0.2, 0.25) is 5.88 Å². The van der Waals surface area contributed by atoms with Crippen molar-refractivity contribution in [1.29, 1.82) is 0 Å². The van der Waals surface area contributed by atoms with E-state index in [1.165, 1.54) is 31.5 Å². The van der Waals surface area contributed by atoms with Crippen LogP contribution >= 0.6 is 11.6 Å². The first-order valence-electron chi connectivity index (χ1n) is 7.67. The van der Waals surface area contributed by atoms with Crippen molar-refractivity contribution in [1.82, 2.24) is 9.97 Å². The number of nitrogens with zero attached hydrogens (tertiary/aromatic N) is 2. The molecule has 2 heterocycles. The zero-order valence-electron chi connectivity index (χ0n) is 14.5. The van der Waals surface area contributed by atoms with Crippen molar-refractivity contribution < 1.29 is 23.8 Å². The molecular formula is C18H17ClN2O5. The summed E-state index contributed by atoms with van der Waals surface area (Å²) in [4.78, 5) is 31.2. The molecule has 0 aliphatic heterocycles. The quantitative estimate of drug-likeness (QED) is 0.432. The van der Waals surface area contributed by atoms with Crippen LogP contribution in [0.15, 0.2) is 30.6 Å². The molecule has 7 nitrogen and oxygen atoms in total. The summed E-state index contributed by atoms with van der Waals surface area (Å²) in [7, 11) is 1.27. The fourth-order valence-electron chi connectivity index (χ4n) is 2.01. The summed E-state index contributed by atoms with van der Waals surface area (Å²) in [5, 5.41) is 0.0897. The summed E-state index contributed by atoms with van der Waals surface area (Å²) >= 11 is 5.93. The molecule has 0 saturated carbocycles. The number of carbonyl (C=O) groups is 2. The van der Waals surface area contributed by atoms with Crippen LogP contribution in [0.3, 0.4) is 0 Å². The minimum absolute atomic E-state index is 0.0897. The van der Waals surface area contributed by atoms with Gasteiger partial charge in [-0.05, 0) is 31.6 Å². The molecule has 2 rings (SSSR count). The average molecular weight is 377 g/mol. The highest BCUT2D eigenvalue weighted by atomic mass is 35.5. The zero-order chi connectivity index (χ0) is 19.1. The van der Waals surface area contributed by atoms with Gasteiger partial charge in [-0.15, -0.1) is 0 Å². The van der Waals surface area contributed by atoms with E-state index in [1.54, 1.807) is 26.1 Å². The topological polar surface area (TPSA) is 87.6 Å². The summed E-state index contributed by atoms with van der Waals surface area (Å²) in [6, 6.07) is 2.79. The van der Waals surface area contributed by atoms with Crippen LogP contribution in [-0.4, -0.2) is 35.6 Å². The van der Waals surface area contributed by atoms with Crippen molar-refractivity contribution in [3.63, 3.8) is 0 Å². The van der Waals surface area contributed by atoms with Gasteiger partial charge in [0.25, 0.3) is 0 Å². The molecule has 8 heteroatoms. The third-order valence-electron chi connectivity index (χ3n) is 3.30. The number of carbonyl (C=O) groups excluding carboxylic acids is 2. The molecule has 0 spiro atoms. The monoisotopic (exact) mass is 376 g/mol. The minimum Gasteiger partial charge on any atom is -0.465 e. The SMILES string of the molecule is CCOC(=O)/C=C/c1cncc(Oc2cc(C(=O)OC)cc(Cl)n2)c1C. The lowest BCUT2D eigenvalue weighted by Gasteiger charge is -2.10. The molecule has 2 aromatic heterocycles. The van der Waals surface area contributed by atoms with Gasteiger partial charge in [-0.1, -0.05) is 11.6 Å². The maximum absolute atomic E-state index is 11.7. The first kappa shape index (κ1) is 19.4. The van der Waals surface area contributed by atoms with Crippen molar-refractivity contribution in [3.8, 4) is 11.6 Å². The van der Waals surface area contributed by atoms with Gasteiger partial charge in [-0.25, -0.2) is 14.6 Å². The van der Waals surface area contributed by atoms with Gasteiger partial charge >= 0.3 is 11.9 Å². The maximum Gasteiger partial charge on any atom is 0.338 e. The number of halogens is 1. The van der Waals surface area contributed by atoms with Crippen LogP contribution in [0.4, 0.5) is 0 Å². The van der Waals surface area contributed by atoms with E-state index in [1.807, 2.05) is 0 Å². The average Bonchev–Trinajstić information content (AvgIpc) is 2.61. The number of ether oxygens (including phenoxy) is 3. The van der Waals surface area contributed by atoms with Crippen LogP contribution in [0.1, 0.15) is 28.4 Å². The number of esters is 2. The summed E-state index contributed by atoms with van der Waals surface area (Å²) in [6.45, 7) is 3.83. The normalized spacial score (nSPS) is 10.6. The Kier molecular flexibility index (Phi) is 6.68. The second-order valence-corrected chi connectivity index (χ2v) is 5.43. The Morgan fingerprint density at radius 1 is 1.27 bits per heavy atom. The van der Waals surface area contributed by atoms with Crippen molar-refractivity contribution in [3.05, 3.63) is 52.4 Å². The summed E-state index contributed by atoms with van der Waals surface area (Å²) in [5.74, 6) is -0.478. The predicted molar refractivity (Wildman–Crippen MR) is 95.3 cm³/mol. The molecule has 0 saturated heterocycles. The lowest BCUT2D eigenvalue weighted by molar-refractivity contribution is -0.137. The first-order valence-corrected chi connectivity index (χ1v) is 8.05. The van der Waals surface area contributed by atoms with Crippen molar-refractivity contribution in [2.24, 2.45) is 0 Å². The second-order valence-electron chi connectivity index (χ2n) is 5.05. The smallest absolute Gasteiger partial charge is 0.338 e. The lowest BCUT2D eigenvalue weighted by Crippen LogP contribution is -2.03. The van der Waals surface area contributed by atoms with E-state index in [0.29, 0.717) is 17.9 Å². The van der Waals surface area contributed by atoms with Gasteiger partial charge in [0.1, 0.15) is 5.15 Å². The largest absolute Gasteiger partial charge is 0.465 e. The zero-order valence-corrected chi connectivity index (χ0v) is 15.2. The van der Waals surface area contributed by atoms with Crippen LogP contribution in [0.25, 0.3) is 6.08 Å². The van der Waals surface area contributed by atoms with Crippen LogP contribution < -0.4 is 4.74 Å². The Bertz CT molecular complexity index is 851. The molecule has 0 radical (unpaired) electrons. The Labute approximate surface area is 155 Å². The standard InChI is InChI=1S/C18H17ClN2O5/c1-4-25-17(22)6-5-12-9-20-10-14(11(12)2)26-16-8-13(18(23)24-3)7-15(19)21-16/h5-10H,4H2,1-3H3/b6-5+. The predicted octanol–water partition coefficient (Wildman–Crippen LogP) is 3.59. The molecule has 0 aliphatic carbocycles. The van der Waals surface area contributed by atoms with Crippen molar-refractivity contribution >= 4 is 29.6 Å². The molecular weight excluding hydrogens is 360 g/mol. The second kappa shape index (κ2) is 8.96. The highest BCUT2D eigenvalue weighted by molar-refractivity contribution is 6.29. The summed E-state index contributed by atoms with van der Waals surface area (Å²) in [6.07, 6.45) is 5.98. The molecule has 0 bridgehead atoms. The number of aromatic nitrogens is 2. The molecule has 26 heavy (non-hydrogen) atoms. The Morgan fingerprint density at radius 2 is 2.04 bits per heavy atom. The van der Waals surface area contributed by atoms with Crippen molar-refractivity contribution in [2.75, 3.05) is 13.7 Å². The molecule has 0 fully saturated rings. The molecule has 0 unspecified atom stereocenters. The fraction of sp³-hybridized carbons (Fsp3) is 0.222. The lowest BCUT2D eigenvalue weighted by atomic mass is 10.1. The first-order chi connectivity index (χ1) is 12.4. The third kappa shape index (κ3) is 5.03. The molecule has 0 amide bonds. The van der Waals surface area contributed by atoms with Gasteiger partial charge in [-0.3, -0.25) is 4.98 Å². The van der Waals surface area contributed by atoms with Crippen LogP contribution in [-0.2, 0) is 14.3 Å². The van der Waals surface area contributed by atoms with E-state index < -0.39 is 11.9 Å². The molecule has 0 aromatic carbocycles. The van der Waals surface area contributed by atoms with E-state index >= 15 is 0 Å². The van der Waals surface area contributed by atoms with Gasteiger partial charge in [-0.2, -0.15) is 0 Å². The number of pyridine rings is 2. The van der Waals surface area contributed by atoms with Gasteiger partial charge in [0.15, 0.2) is 5.75 Å². The highest BCUT2D eigenvalue weighted by Crippen LogP contribution is 2.27.